The van der Waals surface area contributed by atoms with Crippen LogP contribution in [0.25, 0.3) is 5.69 Å². The molecule has 0 unspecified atom stereocenters. The second-order valence-electron chi connectivity index (χ2n) is 10.0. The van der Waals surface area contributed by atoms with Gasteiger partial charge in [-0.1, -0.05) is 49.2 Å². The van der Waals surface area contributed by atoms with Crippen molar-refractivity contribution in [3.05, 3.63) is 75.8 Å². The van der Waals surface area contributed by atoms with Crippen LogP contribution >= 0.6 is 11.6 Å². The average Bonchev–Trinajstić information content (AvgIpc) is 3.21. The Balaban J connectivity index is 1.49. The number of halogens is 1. The van der Waals surface area contributed by atoms with Gasteiger partial charge in [0.25, 0.3) is 0 Å². The molecule has 3 aromatic rings. The van der Waals surface area contributed by atoms with Crippen molar-refractivity contribution in [2.75, 3.05) is 13.1 Å². The highest BCUT2D eigenvalue weighted by molar-refractivity contribution is 6.30. The number of rotatable bonds is 10. The number of aromatic nitrogens is 3. The monoisotopic (exact) mass is 534 g/mol. The van der Waals surface area contributed by atoms with Gasteiger partial charge in [-0.2, -0.15) is 0 Å². The van der Waals surface area contributed by atoms with Crippen molar-refractivity contribution in [1.82, 2.24) is 25.4 Å². The predicted octanol–water partition coefficient (Wildman–Crippen LogP) is 4.88. The summed E-state index contributed by atoms with van der Waals surface area (Å²) in [5.41, 5.74) is 4.73. The largest absolute Gasteiger partial charge is 0.356 e. The summed E-state index contributed by atoms with van der Waals surface area (Å²) in [6, 6.07) is 13.3. The van der Waals surface area contributed by atoms with Crippen molar-refractivity contribution >= 4 is 29.1 Å². The summed E-state index contributed by atoms with van der Waals surface area (Å²) in [6.07, 6.45) is 2.80. The summed E-state index contributed by atoms with van der Waals surface area (Å²) in [6.45, 7) is 8.95. The van der Waals surface area contributed by atoms with Crippen molar-refractivity contribution in [3.63, 3.8) is 0 Å². The van der Waals surface area contributed by atoms with E-state index in [-0.39, 0.29) is 24.2 Å². The van der Waals surface area contributed by atoms with Gasteiger partial charge in [0.15, 0.2) is 5.82 Å². The molecule has 200 valence electrons. The maximum absolute atomic E-state index is 13.0. The molecule has 9 heteroatoms. The van der Waals surface area contributed by atoms with Crippen LogP contribution in [0.5, 0.6) is 0 Å². The van der Waals surface area contributed by atoms with Gasteiger partial charge in [0.2, 0.25) is 11.8 Å². The van der Waals surface area contributed by atoms with Crippen LogP contribution in [0.15, 0.2) is 47.5 Å². The minimum Gasteiger partial charge on any atom is -0.356 e. The van der Waals surface area contributed by atoms with Gasteiger partial charge in [-0.15, -0.1) is 10.2 Å². The molecule has 2 N–H and O–H groups in total. The number of fused-ring (bicyclic) bond motifs is 3. The number of hydrogen-bond donors (Lipinski definition) is 2. The van der Waals surface area contributed by atoms with Gasteiger partial charge < -0.3 is 10.6 Å². The summed E-state index contributed by atoms with van der Waals surface area (Å²) >= 11 is 6.16. The van der Waals surface area contributed by atoms with Gasteiger partial charge >= 0.3 is 0 Å². The Labute approximate surface area is 228 Å². The fraction of sp³-hybridized carbons (Fsp3) is 0.414. The second-order valence-corrected chi connectivity index (χ2v) is 10.5. The van der Waals surface area contributed by atoms with Gasteiger partial charge in [0.05, 0.1) is 17.8 Å². The zero-order valence-electron chi connectivity index (χ0n) is 22.4. The van der Waals surface area contributed by atoms with E-state index in [1.54, 1.807) is 0 Å². The standard InChI is InChI=1S/C29H35ClN6O2/c1-18(2)29(38)32-15-7-5-6-14-31-26(37)17-24-28-35-34-20(4)36(28)25-13-8-19(3)16-23(25)27(33-24)21-9-11-22(30)12-10-21/h8-13,16,18,24H,5-7,14-15,17H2,1-4H3,(H,31,37)(H,32,38)/t24-/m0/s1. The molecule has 0 bridgehead atoms. The lowest BCUT2D eigenvalue weighted by Gasteiger charge is -2.13. The van der Waals surface area contributed by atoms with E-state index < -0.39 is 6.04 Å². The number of amides is 2. The lowest BCUT2D eigenvalue weighted by molar-refractivity contribution is -0.124. The lowest BCUT2D eigenvalue weighted by Crippen LogP contribution is -2.29. The third kappa shape index (κ3) is 6.48. The minimum absolute atomic E-state index is 0.00691. The molecule has 8 nitrogen and oxygen atoms in total. The molecule has 0 spiro atoms. The first-order valence-corrected chi connectivity index (χ1v) is 13.5. The normalized spacial score (nSPS) is 14.4. The number of carbonyl (C=O) groups is 2. The third-order valence-electron chi connectivity index (χ3n) is 6.58. The highest BCUT2D eigenvalue weighted by Gasteiger charge is 2.29. The van der Waals surface area contributed by atoms with Crippen molar-refractivity contribution in [2.45, 2.75) is 59.4 Å². The van der Waals surface area contributed by atoms with Crippen molar-refractivity contribution in [2.24, 2.45) is 10.9 Å². The molecular weight excluding hydrogens is 500 g/mol. The molecule has 1 aliphatic heterocycles. The number of benzene rings is 2. The van der Waals surface area contributed by atoms with Crippen LogP contribution in [0, 0.1) is 19.8 Å². The van der Waals surface area contributed by atoms with Crippen LogP contribution in [0.1, 0.15) is 73.9 Å². The van der Waals surface area contributed by atoms with Crippen LogP contribution in [-0.4, -0.2) is 45.4 Å². The number of aryl methyl sites for hydroxylation is 2. The highest BCUT2D eigenvalue weighted by Crippen LogP contribution is 2.33. The first-order valence-electron chi connectivity index (χ1n) is 13.2. The zero-order valence-corrected chi connectivity index (χ0v) is 23.2. The van der Waals surface area contributed by atoms with E-state index in [2.05, 4.69) is 39.0 Å². The first kappa shape index (κ1) is 27.5. The Morgan fingerprint density at radius 1 is 0.974 bits per heavy atom. The third-order valence-corrected chi connectivity index (χ3v) is 6.83. The van der Waals surface area contributed by atoms with E-state index in [4.69, 9.17) is 16.6 Å². The molecule has 0 fully saturated rings. The van der Waals surface area contributed by atoms with Gasteiger partial charge in [-0.05, 0) is 57.4 Å². The summed E-state index contributed by atoms with van der Waals surface area (Å²) in [5.74, 6) is 1.37. The summed E-state index contributed by atoms with van der Waals surface area (Å²) in [7, 11) is 0. The highest BCUT2D eigenvalue weighted by atomic mass is 35.5. The molecule has 38 heavy (non-hydrogen) atoms. The SMILES string of the molecule is Cc1ccc2c(c1)C(c1ccc(Cl)cc1)=N[C@@H](CC(=O)NCCCCCNC(=O)C(C)C)c1nnc(C)n1-2. The maximum Gasteiger partial charge on any atom is 0.222 e. The smallest absolute Gasteiger partial charge is 0.222 e. The molecular formula is C29H35ClN6O2. The Kier molecular flexibility index (Phi) is 8.94. The average molecular weight is 535 g/mol. The molecule has 0 saturated carbocycles. The molecule has 0 radical (unpaired) electrons. The number of unbranched alkanes of at least 4 members (excludes halogenated alkanes) is 2. The van der Waals surface area contributed by atoms with Gasteiger partial charge in [-0.25, -0.2) is 0 Å². The molecule has 0 aliphatic carbocycles. The summed E-state index contributed by atoms with van der Waals surface area (Å²) < 4.78 is 2.00. The fourth-order valence-electron chi connectivity index (χ4n) is 4.50. The van der Waals surface area contributed by atoms with E-state index in [0.29, 0.717) is 23.9 Å². The van der Waals surface area contributed by atoms with Crippen molar-refractivity contribution in [1.29, 1.82) is 0 Å². The number of aliphatic imine (C=N–C) groups is 1. The van der Waals surface area contributed by atoms with E-state index in [0.717, 1.165) is 53.2 Å². The Morgan fingerprint density at radius 2 is 1.68 bits per heavy atom. The molecule has 2 amide bonds. The molecule has 1 atom stereocenters. The molecule has 1 aromatic heterocycles. The van der Waals surface area contributed by atoms with E-state index in [1.807, 2.05) is 56.5 Å². The Morgan fingerprint density at radius 3 is 2.39 bits per heavy atom. The second kappa shape index (κ2) is 12.3. The number of nitrogens with zero attached hydrogens (tertiary/aromatic N) is 4. The maximum atomic E-state index is 13.0. The van der Waals surface area contributed by atoms with Crippen LogP contribution in [0.4, 0.5) is 0 Å². The van der Waals surface area contributed by atoms with Gasteiger partial charge in [0, 0.05) is 35.2 Å². The van der Waals surface area contributed by atoms with Crippen LogP contribution in [0.3, 0.4) is 0 Å². The zero-order chi connectivity index (χ0) is 27.2. The van der Waals surface area contributed by atoms with Crippen molar-refractivity contribution < 1.29 is 9.59 Å². The number of hydrogen-bond acceptors (Lipinski definition) is 5. The molecule has 2 aromatic carbocycles. The quantitative estimate of drug-likeness (QED) is 0.362. The van der Waals surface area contributed by atoms with Crippen molar-refractivity contribution in [3.8, 4) is 5.69 Å². The Bertz CT molecular complexity index is 1330. The Hall–Kier alpha value is -3.52. The predicted molar refractivity (Wildman–Crippen MR) is 150 cm³/mol. The fourth-order valence-corrected chi connectivity index (χ4v) is 4.63. The number of nitrogens with one attached hydrogen (secondary N) is 2. The van der Waals surface area contributed by atoms with E-state index in [1.165, 1.54) is 0 Å². The first-order chi connectivity index (χ1) is 18.2. The molecule has 4 rings (SSSR count). The van der Waals surface area contributed by atoms with Gasteiger partial charge in [0.1, 0.15) is 11.9 Å². The number of carbonyl (C=O) groups excluding carboxylic acids is 2. The van der Waals surface area contributed by atoms with Crippen LogP contribution < -0.4 is 10.6 Å². The molecule has 0 saturated heterocycles. The topological polar surface area (TPSA) is 101 Å². The van der Waals surface area contributed by atoms with Crippen LogP contribution in [0.2, 0.25) is 5.02 Å². The van der Waals surface area contributed by atoms with Crippen LogP contribution in [-0.2, 0) is 9.59 Å². The van der Waals surface area contributed by atoms with Gasteiger partial charge in [-0.3, -0.25) is 19.1 Å². The summed E-state index contributed by atoms with van der Waals surface area (Å²) in [4.78, 5) is 29.7. The minimum atomic E-state index is -0.499. The van der Waals surface area contributed by atoms with E-state index in [9.17, 15) is 9.59 Å². The lowest BCUT2D eigenvalue weighted by atomic mass is 9.98. The van der Waals surface area contributed by atoms with E-state index >= 15 is 0 Å². The summed E-state index contributed by atoms with van der Waals surface area (Å²) in [5, 5.41) is 15.4. The molecule has 2 heterocycles. The molecule has 1 aliphatic rings.